The van der Waals surface area contributed by atoms with Crippen LogP contribution in [0.5, 0.6) is 5.75 Å². The molecule has 0 radical (unpaired) electrons. The number of carbonyl (C=O) groups excluding carboxylic acids is 1. The van der Waals surface area contributed by atoms with Crippen molar-refractivity contribution in [3.8, 4) is 5.75 Å². The van der Waals surface area contributed by atoms with Crippen LogP contribution in [0, 0.1) is 16.0 Å². The van der Waals surface area contributed by atoms with Crippen LogP contribution in [0.1, 0.15) is 30.1 Å². The van der Waals surface area contributed by atoms with Crippen LogP contribution in [-0.4, -0.2) is 36.7 Å². The minimum Gasteiger partial charge on any atom is -0.423 e. The molecule has 8 nitrogen and oxygen atoms in total. The summed E-state index contributed by atoms with van der Waals surface area (Å²) in [6.45, 7) is 3.08. The zero-order valence-electron chi connectivity index (χ0n) is 15.3. The lowest BCUT2D eigenvalue weighted by molar-refractivity contribution is -0.384. The summed E-state index contributed by atoms with van der Waals surface area (Å²) in [4.78, 5) is 22.6. The van der Waals surface area contributed by atoms with Crippen LogP contribution in [0.2, 0.25) is 0 Å². The Kier molecular flexibility index (Phi) is 5.76. The normalized spacial score (nSPS) is 15.9. The van der Waals surface area contributed by atoms with Crippen LogP contribution >= 0.6 is 0 Å². The van der Waals surface area contributed by atoms with Gasteiger partial charge in [0.15, 0.2) is 0 Å². The first-order chi connectivity index (χ1) is 13.3. The van der Waals surface area contributed by atoms with E-state index in [1.54, 1.807) is 0 Å². The molecule has 0 spiro atoms. The zero-order chi connectivity index (χ0) is 20.3. The molecule has 1 saturated heterocycles. The fraction of sp³-hybridized carbons (Fsp3) is 0.316. The summed E-state index contributed by atoms with van der Waals surface area (Å²) in [5.74, 6) is -0.174. The largest absolute Gasteiger partial charge is 0.423 e. The lowest BCUT2D eigenvalue weighted by atomic mass is 10.0. The van der Waals surface area contributed by atoms with Gasteiger partial charge in [-0.2, -0.15) is 4.31 Å². The number of nitro benzene ring substituents is 1. The number of rotatable bonds is 5. The Morgan fingerprint density at radius 3 is 2.39 bits per heavy atom. The highest BCUT2D eigenvalue weighted by atomic mass is 32.2. The summed E-state index contributed by atoms with van der Waals surface area (Å²) in [6.07, 6.45) is 1.65. The summed E-state index contributed by atoms with van der Waals surface area (Å²) < 4.78 is 32.0. The fourth-order valence-corrected chi connectivity index (χ4v) is 4.43. The van der Waals surface area contributed by atoms with E-state index in [0.717, 1.165) is 18.9 Å². The third-order valence-corrected chi connectivity index (χ3v) is 6.62. The molecule has 9 heteroatoms. The van der Waals surface area contributed by atoms with E-state index >= 15 is 0 Å². The molecule has 148 valence electrons. The summed E-state index contributed by atoms with van der Waals surface area (Å²) in [7, 11) is -3.60. The Morgan fingerprint density at radius 2 is 1.79 bits per heavy atom. The Balaban J connectivity index is 1.72. The minimum atomic E-state index is -3.60. The predicted octanol–water partition coefficient (Wildman–Crippen LogP) is 3.23. The van der Waals surface area contributed by atoms with Crippen LogP contribution in [0.4, 0.5) is 5.69 Å². The van der Waals surface area contributed by atoms with Crippen molar-refractivity contribution in [2.24, 2.45) is 5.92 Å². The molecule has 0 aromatic heterocycles. The van der Waals surface area contributed by atoms with Gasteiger partial charge in [-0.1, -0.05) is 13.0 Å². The SMILES string of the molecule is CC1CCN(S(=O)(=O)c2ccc(C(=O)Oc3cccc([N+](=O)[O-])c3)cc2)CC1. The number of non-ortho nitro benzene ring substituents is 1. The molecule has 1 fully saturated rings. The molecule has 28 heavy (non-hydrogen) atoms. The molecule has 1 aliphatic rings. The van der Waals surface area contributed by atoms with E-state index in [-0.39, 0.29) is 21.9 Å². The minimum absolute atomic E-state index is 0.0401. The zero-order valence-corrected chi connectivity index (χ0v) is 16.1. The van der Waals surface area contributed by atoms with Gasteiger partial charge in [-0.05, 0) is 49.1 Å². The first-order valence-electron chi connectivity index (χ1n) is 8.84. The van der Waals surface area contributed by atoms with E-state index in [2.05, 4.69) is 6.92 Å². The van der Waals surface area contributed by atoms with Crippen LogP contribution in [0.25, 0.3) is 0 Å². The van der Waals surface area contributed by atoms with E-state index in [1.165, 1.54) is 46.8 Å². The van der Waals surface area contributed by atoms with E-state index in [0.29, 0.717) is 19.0 Å². The number of nitro groups is 1. The Bertz CT molecular complexity index is 980. The standard InChI is InChI=1S/C19H20N2O6S/c1-14-9-11-20(12-10-14)28(25,26)18-7-5-15(6-8-18)19(22)27-17-4-2-3-16(13-17)21(23)24/h2-8,13-14H,9-12H2,1H3. The molecule has 0 unspecified atom stereocenters. The van der Waals surface area contributed by atoms with Crippen LogP contribution in [-0.2, 0) is 10.0 Å². The smallest absolute Gasteiger partial charge is 0.343 e. The topological polar surface area (TPSA) is 107 Å². The quantitative estimate of drug-likeness (QED) is 0.328. The van der Waals surface area contributed by atoms with E-state index < -0.39 is 20.9 Å². The molecule has 0 bridgehead atoms. The number of ether oxygens (including phenoxy) is 1. The van der Waals surface area contributed by atoms with Crippen molar-refractivity contribution in [2.75, 3.05) is 13.1 Å². The van der Waals surface area contributed by atoms with Gasteiger partial charge in [-0.25, -0.2) is 13.2 Å². The molecule has 0 saturated carbocycles. The Hall–Kier alpha value is -2.78. The van der Waals surface area contributed by atoms with Crippen LogP contribution in [0.15, 0.2) is 53.4 Å². The van der Waals surface area contributed by atoms with E-state index in [1.807, 2.05) is 0 Å². The molecule has 1 aliphatic heterocycles. The van der Waals surface area contributed by atoms with Gasteiger partial charge in [0.05, 0.1) is 21.4 Å². The number of piperidine rings is 1. The van der Waals surface area contributed by atoms with Crippen molar-refractivity contribution in [3.05, 3.63) is 64.2 Å². The van der Waals surface area contributed by atoms with Gasteiger partial charge < -0.3 is 4.74 Å². The molecular formula is C19H20N2O6S. The average molecular weight is 404 g/mol. The third-order valence-electron chi connectivity index (χ3n) is 4.71. The van der Waals surface area contributed by atoms with Crippen molar-refractivity contribution < 1.29 is 22.9 Å². The Labute approximate surface area is 162 Å². The lowest BCUT2D eigenvalue weighted by Gasteiger charge is -2.29. The maximum atomic E-state index is 12.7. The number of hydrogen-bond donors (Lipinski definition) is 0. The number of carbonyl (C=O) groups is 1. The third kappa shape index (κ3) is 4.37. The van der Waals surface area contributed by atoms with Gasteiger partial charge in [0.25, 0.3) is 5.69 Å². The lowest BCUT2D eigenvalue weighted by Crippen LogP contribution is -2.37. The number of esters is 1. The first-order valence-corrected chi connectivity index (χ1v) is 10.3. The molecule has 0 atom stereocenters. The van der Waals surface area contributed by atoms with Crippen molar-refractivity contribution >= 4 is 21.7 Å². The second kappa shape index (κ2) is 8.07. The molecule has 0 aliphatic carbocycles. The molecule has 2 aromatic rings. The summed E-state index contributed by atoms with van der Waals surface area (Å²) in [5.41, 5.74) is -0.0414. The van der Waals surface area contributed by atoms with Gasteiger partial charge in [0, 0.05) is 19.2 Å². The number of sulfonamides is 1. The highest BCUT2D eigenvalue weighted by molar-refractivity contribution is 7.89. The molecule has 2 aromatic carbocycles. The molecular weight excluding hydrogens is 384 g/mol. The number of benzene rings is 2. The van der Waals surface area contributed by atoms with Crippen molar-refractivity contribution in [1.82, 2.24) is 4.31 Å². The summed E-state index contributed by atoms with van der Waals surface area (Å²) >= 11 is 0. The second-order valence-corrected chi connectivity index (χ2v) is 8.69. The second-order valence-electron chi connectivity index (χ2n) is 6.75. The van der Waals surface area contributed by atoms with Crippen LogP contribution in [0.3, 0.4) is 0 Å². The highest BCUT2D eigenvalue weighted by Gasteiger charge is 2.28. The Morgan fingerprint density at radius 1 is 1.14 bits per heavy atom. The summed E-state index contributed by atoms with van der Waals surface area (Å²) in [5, 5.41) is 10.8. The molecule has 3 rings (SSSR count). The molecule has 0 amide bonds. The van der Waals surface area contributed by atoms with Gasteiger partial charge in [-0.15, -0.1) is 0 Å². The van der Waals surface area contributed by atoms with Crippen molar-refractivity contribution in [1.29, 1.82) is 0 Å². The highest BCUT2D eigenvalue weighted by Crippen LogP contribution is 2.24. The maximum absolute atomic E-state index is 12.7. The maximum Gasteiger partial charge on any atom is 0.343 e. The van der Waals surface area contributed by atoms with Gasteiger partial charge >= 0.3 is 5.97 Å². The fourth-order valence-electron chi connectivity index (χ4n) is 2.96. The summed E-state index contributed by atoms with van der Waals surface area (Å²) in [6, 6.07) is 10.8. The first kappa shape index (κ1) is 20.0. The van der Waals surface area contributed by atoms with Gasteiger partial charge in [-0.3, -0.25) is 10.1 Å². The number of nitrogens with zero attached hydrogens (tertiary/aromatic N) is 2. The predicted molar refractivity (Wildman–Crippen MR) is 102 cm³/mol. The molecule has 1 heterocycles. The van der Waals surface area contributed by atoms with E-state index in [4.69, 9.17) is 4.74 Å². The monoisotopic (exact) mass is 404 g/mol. The van der Waals surface area contributed by atoms with Gasteiger partial charge in [0.2, 0.25) is 10.0 Å². The number of hydrogen-bond acceptors (Lipinski definition) is 6. The van der Waals surface area contributed by atoms with Gasteiger partial charge in [0.1, 0.15) is 5.75 Å². The average Bonchev–Trinajstić information content (AvgIpc) is 2.68. The van der Waals surface area contributed by atoms with E-state index in [9.17, 15) is 23.3 Å². The van der Waals surface area contributed by atoms with Crippen molar-refractivity contribution in [3.63, 3.8) is 0 Å². The van der Waals surface area contributed by atoms with Crippen LogP contribution < -0.4 is 4.74 Å². The molecule has 0 N–H and O–H groups in total. The van der Waals surface area contributed by atoms with Crippen molar-refractivity contribution in [2.45, 2.75) is 24.7 Å².